The molecule has 0 fully saturated rings. The highest BCUT2D eigenvalue weighted by atomic mass is 32.2. The summed E-state index contributed by atoms with van der Waals surface area (Å²) < 4.78 is 24.0. The number of hydrogen-bond donors (Lipinski definition) is 1. The Morgan fingerprint density at radius 1 is 1.15 bits per heavy atom. The summed E-state index contributed by atoms with van der Waals surface area (Å²) in [5, 5.41) is 10.9. The van der Waals surface area contributed by atoms with Crippen LogP contribution >= 0.6 is 0 Å². The number of hydrogen-bond acceptors (Lipinski definition) is 6. The van der Waals surface area contributed by atoms with Crippen molar-refractivity contribution in [3.05, 3.63) is 64.4 Å². The first-order chi connectivity index (χ1) is 12.8. The van der Waals surface area contributed by atoms with E-state index in [1.54, 1.807) is 43.3 Å². The van der Waals surface area contributed by atoms with Crippen molar-refractivity contribution in [3.63, 3.8) is 0 Å². The van der Waals surface area contributed by atoms with Crippen molar-refractivity contribution >= 4 is 26.6 Å². The van der Waals surface area contributed by atoms with Crippen LogP contribution in [0.4, 0.5) is 0 Å². The van der Waals surface area contributed by atoms with Crippen LogP contribution in [-0.2, 0) is 21.2 Å². The average molecular weight is 386 g/mol. The highest BCUT2D eigenvalue weighted by Gasteiger charge is 2.14. The van der Waals surface area contributed by atoms with Gasteiger partial charge in [-0.05, 0) is 36.8 Å². The lowest BCUT2D eigenvalue weighted by Gasteiger charge is -2.15. The zero-order valence-corrected chi connectivity index (χ0v) is 15.6. The Hall–Kier alpha value is -3.07. The fraction of sp³-hybridized carbons (Fsp3) is 0.222. The number of carbonyl (C=O) groups is 1. The predicted molar refractivity (Wildman–Crippen MR) is 99.9 cm³/mol. The molecule has 9 heteroatoms. The lowest BCUT2D eigenvalue weighted by Crippen LogP contribution is -2.35. The lowest BCUT2D eigenvalue weighted by atomic mass is 10.1. The Morgan fingerprint density at radius 2 is 1.81 bits per heavy atom. The standard InChI is InChI=1S/C18H18N4O4S/c1-12(13-7-9-14(10-8-13)27(2,25)26)19-17(23)11-22-18(24)15-5-3-4-6-16(15)20-21-22/h3-10,12H,11H2,1-2H3,(H,19,23). The predicted octanol–water partition coefficient (Wildman–Crippen LogP) is 1.07. The second kappa shape index (κ2) is 7.28. The fourth-order valence-electron chi connectivity index (χ4n) is 2.64. The lowest BCUT2D eigenvalue weighted by molar-refractivity contribution is -0.122. The molecule has 3 rings (SSSR count). The number of aromatic nitrogens is 3. The number of rotatable bonds is 5. The molecule has 3 aromatic rings. The van der Waals surface area contributed by atoms with Crippen molar-refractivity contribution in [1.82, 2.24) is 20.3 Å². The summed E-state index contributed by atoms with van der Waals surface area (Å²) in [4.78, 5) is 24.9. The van der Waals surface area contributed by atoms with Gasteiger partial charge in [-0.2, -0.15) is 0 Å². The van der Waals surface area contributed by atoms with Crippen molar-refractivity contribution in [2.45, 2.75) is 24.4 Å². The average Bonchev–Trinajstić information content (AvgIpc) is 2.63. The maximum absolute atomic E-state index is 12.4. The Bertz CT molecular complexity index is 1150. The molecule has 0 spiro atoms. The van der Waals surface area contributed by atoms with Crippen LogP contribution in [-0.4, -0.2) is 35.6 Å². The molecule has 1 N–H and O–H groups in total. The molecule has 0 radical (unpaired) electrons. The third kappa shape index (κ3) is 4.20. The van der Waals surface area contributed by atoms with Gasteiger partial charge in [0.2, 0.25) is 5.91 Å². The van der Waals surface area contributed by atoms with Crippen molar-refractivity contribution in [3.8, 4) is 0 Å². The van der Waals surface area contributed by atoms with Crippen molar-refractivity contribution in [2.75, 3.05) is 6.26 Å². The van der Waals surface area contributed by atoms with Crippen LogP contribution in [0, 0.1) is 0 Å². The van der Waals surface area contributed by atoms with Gasteiger partial charge in [-0.3, -0.25) is 9.59 Å². The molecule has 0 aliphatic carbocycles. The molecule has 8 nitrogen and oxygen atoms in total. The number of amides is 1. The van der Waals surface area contributed by atoms with Gasteiger partial charge in [0, 0.05) is 6.26 Å². The van der Waals surface area contributed by atoms with Gasteiger partial charge in [0.1, 0.15) is 12.1 Å². The normalized spacial score (nSPS) is 12.7. The van der Waals surface area contributed by atoms with E-state index in [0.29, 0.717) is 10.9 Å². The summed E-state index contributed by atoms with van der Waals surface area (Å²) in [6, 6.07) is 12.7. The summed E-state index contributed by atoms with van der Waals surface area (Å²) in [6.45, 7) is 1.50. The van der Waals surface area contributed by atoms with E-state index in [0.717, 1.165) is 16.5 Å². The summed E-state index contributed by atoms with van der Waals surface area (Å²) in [7, 11) is -3.27. The second-order valence-corrected chi connectivity index (χ2v) is 8.22. The molecule has 1 atom stereocenters. The number of benzene rings is 2. The van der Waals surface area contributed by atoms with Crippen LogP contribution in [0.1, 0.15) is 18.5 Å². The topological polar surface area (TPSA) is 111 Å². The van der Waals surface area contributed by atoms with Crippen LogP contribution in [0.2, 0.25) is 0 Å². The van der Waals surface area contributed by atoms with Crippen LogP contribution in [0.3, 0.4) is 0 Å². The van der Waals surface area contributed by atoms with Gasteiger partial charge in [-0.1, -0.05) is 29.5 Å². The van der Waals surface area contributed by atoms with E-state index in [4.69, 9.17) is 0 Å². The van der Waals surface area contributed by atoms with E-state index in [2.05, 4.69) is 15.6 Å². The number of sulfone groups is 1. The van der Waals surface area contributed by atoms with E-state index in [1.807, 2.05) is 0 Å². The van der Waals surface area contributed by atoms with E-state index in [9.17, 15) is 18.0 Å². The Balaban J connectivity index is 1.72. The van der Waals surface area contributed by atoms with Crippen LogP contribution < -0.4 is 10.9 Å². The van der Waals surface area contributed by atoms with E-state index >= 15 is 0 Å². The van der Waals surface area contributed by atoms with Crippen LogP contribution in [0.5, 0.6) is 0 Å². The molecule has 27 heavy (non-hydrogen) atoms. The highest BCUT2D eigenvalue weighted by Crippen LogP contribution is 2.16. The summed E-state index contributed by atoms with van der Waals surface area (Å²) >= 11 is 0. The molecule has 1 unspecified atom stereocenters. The molecule has 0 saturated carbocycles. The zero-order valence-electron chi connectivity index (χ0n) is 14.8. The summed E-state index contributed by atoms with van der Waals surface area (Å²) in [6.07, 6.45) is 1.13. The minimum absolute atomic E-state index is 0.211. The molecule has 140 valence electrons. The van der Waals surface area contributed by atoms with Gasteiger partial charge >= 0.3 is 0 Å². The minimum Gasteiger partial charge on any atom is -0.348 e. The van der Waals surface area contributed by atoms with E-state index < -0.39 is 15.7 Å². The Morgan fingerprint density at radius 3 is 2.48 bits per heavy atom. The third-order valence-electron chi connectivity index (χ3n) is 4.11. The summed E-state index contributed by atoms with van der Waals surface area (Å²) in [5.74, 6) is -0.402. The SMILES string of the molecule is CC(NC(=O)Cn1nnc2ccccc2c1=O)c1ccc(S(C)(=O)=O)cc1. The number of fused-ring (bicyclic) bond motifs is 1. The van der Waals surface area contributed by atoms with E-state index in [-0.39, 0.29) is 23.0 Å². The van der Waals surface area contributed by atoms with Gasteiger partial charge in [0.15, 0.2) is 9.84 Å². The van der Waals surface area contributed by atoms with Crippen molar-refractivity contribution < 1.29 is 13.2 Å². The van der Waals surface area contributed by atoms with Crippen LogP contribution in [0.25, 0.3) is 10.9 Å². The first-order valence-electron chi connectivity index (χ1n) is 8.17. The molecule has 1 amide bonds. The minimum atomic E-state index is -3.27. The zero-order chi connectivity index (χ0) is 19.6. The third-order valence-corrected chi connectivity index (χ3v) is 5.24. The van der Waals surface area contributed by atoms with Gasteiger partial charge in [-0.15, -0.1) is 5.10 Å². The molecule has 1 aromatic heterocycles. The van der Waals surface area contributed by atoms with Gasteiger partial charge < -0.3 is 5.32 Å². The molecule has 0 bridgehead atoms. The molecule has 0 saturated heterocycles. The largest absolute Gasteiger partial charge is 0.348 e. The first kappa shape index (κ1) is 18.7. The maximum atomic E-state index is 12.4. The number of carbonyl (C=O) groups excluding carboxylic acids is 1. The van der Waals surface area contributed by atoms with Crippen LogP contribution in [0.15, 0.2) is 58.2 Å². The maximum Gasteiger partial charge on any atom is 0.278 e. The fourth-order valence-corrected chi connectivity index (χ4v) is 3.27. The second-order valence-electron chi connectivity index (χ2n) is 6.20. The van der Waals surface area contributed by atoms with Gasteiger partial charge in [0.05, 0.1) is 16.3 Å². The molecule has 0 aliphatic rings. The molecule has 1 heterocycles. The van der Waals surface area contributed by atoms with Gasteiger partial charge in [-0.25, -0.2) is 13.1 Å². The molecular formula is C18H18N4O4S. The molecule has 0 aliphatic heterocycles. The quantitative estimate of drug-likeness (QED) is 0.702. The summed E-state index contributed by atoms with van der Waals surface area (Å²) in [5.41, 5.74) is 0.826. The number of nitrogens with one attached hydrogen (secondary N) is 1. The van der Waals surface area contributed by atoms with Crippen molar-refractivity contribution in [2.24, 2.45) is 0 Å². The Labute approximate surface area is 155 Å². The number of nitrogens with zero attached hydrogens (tertiary/aromatic N) is 3. The monoisotopic (exact) mass is 386 g/mol. The molecule has 2 aromatic carbocycles. The molecular weight excluding hydrogens is 368 g/mol. The Kier molecular flexibility index (Phi) is 5.04. The smallest absolute Gasteiger partial charge is 0.278 e. The van der Waals surface area contributed by atoms with E-state index in [1.165, 1.54) is 12.1 Å². The van der Waals surface area contributed by atoms with Gasteiger partial charge in [0.25, 0.3) is 5.56 Å². The van der Waals surface area contributed by atoms with Crippen molar-refractivity contribution in [1.29, 1.82) is 0 Å². The first-order valence-corrected chi connectivity index (χ1v) is 10.1. The highest BCUT2D eigenvalue weighted by molar-refractivity contribution is 7.90.